The first-order valence-corrected chi connectivity index (χ1v) is 11.3. The van der Waals surface area contributed by atoms with Gasteiger partial charge >= 0.3 is 0 Å². The van der Waals surface area contributed by atoms with Crippen LogP contribution in [0.2, 0.25) is 0 Å². The number of nitrogens with zero attached hydrogens (tertiary/aromatic N) is 3. The molecular weight excluding hydrogens is 370 g/mol. The van der Waals surface area contributed by atoms with Crippen molar-refractivity contribution in [3.05, 3.63) is 78.0 Å². The second-order valence-corrected chi connectivity index (χ2v) is 9.15. The maximum atomic E-state index is 11.5. The van der Waals surface area contributed by atoms with E-state index in [0.717, 1.165) is 42.4 Å². The molecule has 2 aliphatic rings. The SMILES string of the molecule is O[C@@H](c1c(C2CC2)ccc2cncn12)[C@H]1CC[C@H](c2ccc3ncccc3c2)CC1. The van der Waals surface area contributed by atoms with Crippen LogP contribution >= 0.6 is 0 Å². The van der Waals surface area contributed by atoms with Gasteiger partial charge in [-0.25, -0.2) is 4.98 Å². The lowest BCUT2D eigenvalue weighted by Gasteiger charge is -2.33. The second kappa shape index (κ2) is 7.21. The van der Waals surface area contributed by atoms with Crippen molar-refractivity contribution < 1.29 is 5.11 Å². The fraction of sp³-hybridized carbons (Fsp3) is 0.385. The van der Waals surface area contributed by atoms with E-state index in [1.807, 2.05) is 24.8 Å². The largest absolute Gasteiger partial charge is 0.387 e. The van der Waals surface area contributed by atoms with Gasteiger partial charge in [0.25, 0.3) is 0 Å². The van der Waals surface area contributed by atoms with E-state index in [2.05, 4.69) is 50.8 Å². The molecule has 1 N–H and O–H groups in total. The molecule has 0 aliphatic heterocycles. The van der Waals surface area contributed by atoms with Gasteiger partial charge in [-0.05, 0) is 91.7 Å². The number of aromatic nitrogens is 3. The number of pyridine rings is 2. The topological polar surface area (TPSA) is 50.4 Å². The number of hydrogen-bond acceptors (Lipinski definition) is 3. The van der Waals surface area contributed by atoms with Crippen LogP contribution in [0.25, 0.3) is 16.4 Å². The molecule has 4 heteroatoms. The van der Waals surface area contributed by atoms with E-state index in [1.165, 1.54) is 29.4 Å². The van der Waals surface area contributed by atoms with Crippen molar-refractivity contribution in [2.24, 2.45) is 5.92 Å². The summed E-state index contributed by atoms with van der Waals surface area (Å²) in [5, 5.41) is 12.7. The fourth-order valence-electron chi connectivity index (χ4n) is 5.42. The van der Waals surface area contributed by atoms with Crippen LogP contribution in [0.3, 0.4) is 0 Å². The first-order valence-electron chi connectivity index (χ1n) is 11.3. The molecule has 1 atom stereocenters. The van der Waals surface area contributed by atoms with Gasteiger partial charge in [0.1, 0.15) is 0 Å². The highest BCUT2D eigenvalue weighted by Crippen LogP contribution is 2.47. The Kier molecular flexibility index (Phi) is 4.34. The Morgan fingerprint density at radius 3 is 2.60 bits per heavy atom. The first kappa shape index (κ1) is 18.1. The Morgan fingerprint density at radius 1 is 0.933 bits per heavy atom. The summed E-state index contributed by atoms with van der Waals surface area (Å²) in [4.78, 5) is 8.78. The maximum absolute atomic E-state index is 11.5. The number of aliphatic hydroxyl groups excluding tert-OH is 1. The van der Waals surface area contributed by atoms with Crippen LogP contribution in [0.15, 0.2) is 61.2 Å². The molecule has 4 nitrogen and oxygen atoms in total. The van der Waals surface area contributed by atoms with Crippen LogP contribution in [0, 0.1) is 5.92 Å². The lowest BCUT2D eigenvalue weighted by molar-refractivity contribution is 0.0754. The molecule has 0 saturated heterocycles. The van der Waals surface area contributed by atoms with Crippen molar-refractivity contribution in [1.82, 2.24) is 14.4 Å². The van der Waals surface area contributed by atoms with E-state index < -0.39 is 6.10 Å². The van der Waals surface area contributed by atoms with Crippen molar-refractivity contribution >= 4 is 16.4 Å². The van der Waals surface area contributed by atoms with E-state index in [1.54, 1.807) is 0 Å². The van der Waals surface area contributed by atoms with Crippen LogP contribution in [-0.2, 0) is 0 Å². The van der Waals surface area contributed by atoms with Crippen LogP contribution in [0.4, 0.5) is 0 Å². The number of fused-ring (bicyclic) bond motifs is 2. The maximum Gasteiger partial charge on any atom is 0.0995 e. The zero-order valence-corrected chi connectivity index (χ0v) is 17.1. The minimum atomic E-state index is -0.416. The summed E-state index contributed by atoms with van der Waals surface area (Å²) in [7, 11) is 0. The zero-order valence-electron chi connectivity index (χ0n) is 17.1. The first-order chi connectivity index (χ1) is 14.8. The summed E-state index contributed by atoms with van der Waals surface area (Å²) in [6.07, 6.45) is 12.1. The van der Waals surface area contributed by atoms with Gasteiger partial charge in [-0.15, -0.1) is 0 Å². The quantitative estimate of drug-likeness (QED) is 0.476. The number of aliphatic hydroxyl groups is 1. The van der Waals surface area contributed by atoms with Gasteiger partial charge in [0.2, 0.25) is 0 Å². The smallest absolute Gasteiger partial charge is 0.0995 e. The van der Waals surface area contributed by atoms with Gasteiger partial charge in [0.05, 0.1) is 35.4 Å². The van der Waals surface area contributed by atoms with Crippen LogP contribution < -0.4 is 0 Å². The molecule has 4 aromatic rings. The Morgan fingerprint density at radius 2 is 1.77 bits per heavy atom. The summed E-state index contributed by atoms with van der Waals surface area (Å²) < 4.78 is 2.13. The van der Waals surface area contributed by atoms with Gasteiger partial charge < -0.3 is 9.51 Å². The third kappa shape index (κ3) is 3.10. The Bertz CT molecular complexity index is 1200. The molecule has 2 saturated carbocycles. The minimum Gasteiger partial charge on any atom is -0.387 e. The standard InChI is InChI=1S/C26H27N3O/c30-26(25-23(18-5-6-18)11-10-22-15-27-16-29(22)25)19-7-3-17(4-8-19)20-9-12-24-21(14-20)2-1-13-28-24/h1-2,9-19,26,30H,3-8H2/t17-,19-,26-/m1/s1. The monoisotopic (exact) mass is 397 g/mol. The zero-order chi connectivity index (χ0) is 20.1. The Hall–Kier alpha value is -2.72. The summed E-state index contributed by atoms with van der Waals surface area (Å²) in [6.45, 7) is 0. The van der Waals surface area contributed by atoms with Gasteiger partial charge in [-0.3, -0.25) is 4.98 Å². The number of rotatable bonds is 4. The van der Waals surface area contributed by atoms with Crippen molar-refractivity contribution in [2.75, 3.05) is 0 Å². The van der Waals surface area contributed by atoms with Crippen molar-refractivity contribution in [3.63, 3.8) is 0 Å². The highest BCUT2D eigenvalue weighted by molar-refractivity contribution is 5.79. The molecular formula is C26H27N3O. The van der Waals surface area contributed by atoms with Crippen molar-refractivity contribution in [1.29, 1.82) is 0 Å². The highest BCUT2D eigenvalue weighted by Gasteiger charge is 2.34. The third-order valence-corrected chi connectivity index (χ3v) is 7.27. The van der Waals surface area contributed by atoms with E-state index in [-0.39, 0.29) is 0 Å². The van der Waals surface area contributed by atoms with E-state index in [0.29, 0.717) is 17.8 Å². The molecule has 2 fully saturated rings. The molecule has 0 amide bonds. The lowest BCUT2D eigenvalue weighted by atomic mass is 9.75. The minimum absolute atomic E-state index is 0.314. The fourth-order valence-corrected chi connectivity index (χ4v) is 5.42. The molecule has 0 bridgehead atoms. The number of benzene rings is 1. The third-order valence-electron chi connectivity index (χ3n) is 7.27. The Balaban J connectivity index is 1.24. The molecule has 6 rings (SSSR count). The van der Waals surface area contributed by atoms with E-state index in [4.69, 9.17) is 0 Å². The molecule has 30 heavy (non-hydrogen) atoms. The van der Waals surface area contributed by atoms with Gasteiger partial charge in [-0.1, -0.05) is 18.2 Å². The summed E-state index contributed by atoms with van der Waals surface area (Å²) in [5.74, 6) is 1.50. The average molecular weight is 398 g/mol. The average Bonchev–Trinajstić information content (AvgIpc) is 3.54. The predicted molar refractivity (Wildman–Crippen MR) is 119 cm³/mol. The number of imidazole rings is 1. The molecule has 2 aliphatic carbocycles. The van der Waals surface area contributed by atoms with Crippen LogP contribution in [0.5, 0.6) is 0 Å². The van der Waals surface area contributed by atoms with Gasteiger partial charge in [-0.2, -0.15) is 0 Å². The van der Waals surface area contributed by atoms with Crippen molar-refractivity contribution in [2.45, 2.75) is 56.5 Å². The summed E-state index contributed by atoms with van der Waals surface area (Å²) in [5.41, 5.74) is 5.97. The summed E-state index contributed by atoms with van der Waals surface area (Å²) >= 11 is 0. The van der Waals surface area contributed by atoms with Crippen LogP contribution in [0.1, 0.15) is 73.3 Å². The Labute approximate surface area is 176 Å². The number of hydrogen-bond donors (Lipinski definition) is 1. The predicted octanol–water partition coefficient (Wildman–Crippen LogP) is 5.77. The molecule has 1 aromatic carbocycles. The molecule has 0 unspecified atom stereocenters. The highest BCUT2D eigenvalue weighted by atomic mass is 16.3. The summed E-state index contributed by atoms with van der Waals surface area (Å²) in [6, 6.07) is 15.2. The second-order valence-electron chi connectivity index (χ2n) is 9.15. The van der Waals surface area contributed by atoms with Gasteiger partial charge in [0.15, 0.2) is 0 Å². The van der Waals surface area contributed by atoms with E-state index >= 15 is 0 Å². The lowest BCUT2D eigenvalue weighted by Crippen LogP contribution is -2.22. The molecule has 0 radical (unpaired) electrons. The van der Waals surface area contributed by atoms with E-state index in [9.17, 15) is 5.11 Å². The molecule has 3 heterocycles. The molecule has 3 aromatic heterocycles. The van der Waals surface area contributed by atoms with Crippen molar-refractivity contribution in [3.8, 4) is 0 Å². The normalized spacial score (nSPS) is 23.1. The molecule has 0 spiro atoms. The van der Waals surface area contributed by atoms with Crippen LogP contribution in [-0.4, -0.2) is 19.5 Å². The van der Waals surface area contributed by atoms with Gasteiger partial charge in [0, 0.05) is 11.6 Å². The molecule has 152 valence electrons.